The highest BCUT2D eigenvalue weighted by atomic mass is 35.5. The highest BCUT2D eigenvalue weighted by molar-refractivity contribution is 6.96. The van der Waals surface area contributed by atoms with Crippen LogP contribution in [0.15, 0.2) is 6.33 Å². The molecule has 0 fully saturated rings. The maximum absolute atomic E-state index is 14.4. The molecule has 0 bridgehead atoms. The number of imidazole rings is 1. The van der Waals surface area contributed by atoms with Crippen molar-refractivity contribution in [1.29, 1.82) is 0 Å². The van der Waals surface area contributed by atoms with Crippen LogP contribution in [-0.2, 0) is 0 Å². The molecule has 1 aromatic heterocycles. The van der Waals surface area contributed by atoms with E-state index in [0.717, 1.165) is 0 Å². The molecule has 0 radical (unpaired) electrons. The number of aromatic nitrogens is 2. The number of halogens is 32. The van der Waals surface area contributed by atoms with Crippen LogP contribution in [0.1, 0.15) is 0 Å². The molecular weight excluding hydrogens is 1180 g/mol. The first kappa shape index (κ1) is 62.6. The van der Waals surface area contributed by atoms with Gasteiger partial charge in [0.1, 0.15) is 5.15 Å². The topological polar surface area (TPSA) is 54.7 Å². The molecule has 0 saturated heterocycles. The number of nitrogens with zero attached hydrogens (tertiary/aromatic N) is 1. The van der Waals surface area contributed by atoms with Crippen molar-refractivity contribution in [3.8, 4) is 0 Å². The quantitative estimate of drug-likeness (QED) is 0.0755. The summed E-state index contributed by atoms with van der Waals surface area (Å²) in [7, 11) is 1.50. The lowest BCUT2D eigenvalue weighted by atomic mass is 9.36. The van der Waals surface area contributed by atoms with Crippen molar-refractivity contribution in [3.63, 3.8) is 0 Å². The standard InChI is InChI=1S/2C18BF15.C3H2Cl2N2.CH5N/c2*20-4-1(5(21)11(27)16(32)10(4)26)19(2-6(22)12(28)17(33)13(29)7(2)23)3-8(24)14(30)18(34)15(31)9(3)25;4-2-3(5)7-1-6-2;1-2/h;;1H,(H,6,7);2H2,1H3. The van der Waals surface area contributed by atoms with Crippen LogP contribution in [0, 0.1) is 175 Å². The molecule has 412 valence electrons. The van der Waals surface area contributed by atoms with Gasteiger partial charge in [0, 0.05) is 32.8 Å². The van der Waals surface area contributed by atoms with Gasteiger partial charge in [0.15, 0.2) is 180 Å². The van der Waals surface area contributed by atoms with E-state index in [1.54, 1.807) is 0 Å². The largest absolute Gasteiger partial charge is 0.334 e. The number of H-pyrrole nitrogens is 1. The lowest BCUT2D eigenvalue weighted by Crippen LogP contribution is -2.60. The molecule has 0 saturated carbocycles. The molecule has 0 spiro atoms. The zero-order valence-corrected chi connectivity index (χ0v) is 36.9. The molecule has 1 heterocycles. The van der Waals surface area contributed by atoms with Gasteiger partial charge in [0.2, 0.25) is 0 Å². The molecular formula is C40H7B2Cl2F30N3. The van der Waals surface area contributed by atoms with Crippen molar-refractivity contribution >= 4 is 69.4 Å². The molecule has 0 amide bonds. The average Bonchev–Trinajstić information content (AvgIpc) is 3.79. The summed E-state index contributed by atoms with van der Waals surface area (Å²) < 4.78 is 417. The molecule has 0 aliphatic rings. The predicted octanol–water partition coefficient (Wildman–Crippen LogP) is 9.87. The van der Waals surface area contributed by atoms with Gasteiger partial charge in [-0.2, -0.15) is 0 Å². The first-order chi connectivity index (χ1) is 35.6. The van der Waals surface area contributed by atoms with Gasteiger partial charge in [0.05, 0.1) is 6.33 Å². The normalized spacial score (nSPS) is 11.0. The monoisotopic (exact) mass is 1190 g/mol. The molecule has 0 unspecified atom stereocenters. The van der Waals surface area contributed by atoms with Gasteiger partial charge >= 0.3 is 0 Å². The van der Waals surface area contributed by atoms with E-state index in [9.17, 15) is 132 Å². The molecule has 0 aliphatic carbocycles. The van der Waals surface area contributed by atoms with E-state index in [4.69, 9.17) is 23.2 Å². The van der Waals surface area contributed by atoms with Crippen LogP contribution in [0.5, 0.6) is 0 Å². The Labute approximate surface area is 414 Å². The third kappa shape index (κ3) is 10.6. The third-order valence-electron chi connectivity index (χ3n) is 9.74. The SMILES string of the molecule is CN.Clc1nc[nH]c1Cl.Fc1c(F)c(F)c(B(c2c(F)c(F)c(F)c(F)c2F)c2c(F)c(F)c(F)c(F)c2F)c(F)c1F.Fc1c(F)c(F)c(B(c2c(F)c(F)c(F)c(F)c2F)c2c(F)c(F)c(F)c(F)c2F)c(F)c1F. The fourth-order valence-corrected chi connectivity index (χ4v) is 6.58. The minimum absolute atomic E-state index is 0.321. The summed E-state index contributed by atoms with van der Waals surface area (Å²) in [6.07, 6.45) is 1.44. The second kappa shape index (κ2) is 23.8. The highest BCUT2D eigenvalue weighted by Crippen LogP contribution is 2.27. The van der Waals surface area contributed by atoms with Crippen LogP contribution >= 0.6 is 23.2 Å². The second-order valence-corrected chi connectivity index (χ2v) is 14.5. The van der Waals surface area contributed by atoms with Gasteiger partial charge in [-0.1, -0.05) is 23.2 Å². The Balaban J connectivity index is 0.000000286. The van der Waals surface area contributed by atoms with Gasteiger partial charge in [-0.3, -0.25) is 0 Å². The van der Waals surface area contributed by atoms with Crippen molar-refractivity contribution in [1.82, 2.24) is 9.97 Å². The summed E-state index contributed by atoms with van der Waals surface area (Å²) in [5, 5.41) is 0.711. The zero-order chi connectivity index (χ0) is 59.2. The number of nitrogens with two attached hydrogens (primary N) is 1. The second-order valence-electron chi connectivity index (χ2n) is 13.8. The van der Waals surface area contributed by atoms with E-state index in [1.165, 1.54) is 13.4 Å². The van der Waals surface area contributed by atoms with E-state index in [-0.39, 0.29) is 0 Å². The van der Waals surface area contributed by atoms with Crippen molar-refractivity contribution in [2.75, 3.05) is 7.05 Å². The molecule has 3 nitrogen and oxygen atoms in total. The Hall–Kier alpha value is -6.90. The number of rotatable bonds is 6. The molecule has 6 aromatic carbocycles. The minimum atomic E-state index is -3.96. The maximum atomic E-state index is 14.4. The Bertz CT molecular complexity index is 2790. The van der Waals surface area contributed by atoms with Gasteiger partial charge < -0.3 is 10.7 Å². The Morgan fingerprint density at radius 1 is 0.260 bits per heavy atom. The van der Waals surface area contributed by atoms with Gasteiger partial charge in [-0.25, -0.2) is 137 Å². The van der Waals surface area contributed by atoms with Crippen LogP contribution in [0.25, 0.3) is 0 Å². The van der Waals surface area contributed by atoms with Crippen LogP contribution in [0.4, 0.5) is 132 Å². The molecule has 0 atom stereocenters. The molecule has 3 N–H and O–H groups in total. The Morgan fingerprint density at radius 3 is 0.455 bits per heavy atom. The predicted molar refractivity (Wildman–Crippen MR) is 205 cm³/mol. The average molecular weight is 1190 g/mol. The van der Waals surface area contributed by atoms with E-state index in [0.29, 0.717) is 10.3 Å². The summed E-state index contributed by atoms with van der Waals surface area (Å²) >= 11 is 10.7. The molecule has 0 aliphatic heterocycles. The molecule has 37 heteroatoms. The molecule has 7 rings (SSSR count). The number of hydrogen-bond donors (Lipinski definition) is 2. The van der Waals surface area contributed by atoms with Crippen molar-refractivity contribution in [3.05, 3.63) is 191 Å². The van der Waals surface area contributed by atoms with Gasteiger partial charge in [0.25, 0.3) is 13.4 Å². The van der Waals surface area contributed by atoms with Gasteiger partial charge in [-0.05, 0) is 7.05 Å². The summed E-state index contributed by atoms with van der Waals surface area (Å²) in [4.78, 5) is 6.18. The summed E-state index contributed by atoms with van der Waals surface area (Å²) in [5.41, 5.74) is -11.6. The van der Waals surface area contributed by atoms with E-state index in [2.05, 4.69) is 15.7 Å². The summed E-state index contributed by atoms with van der Waals surface area (Å²) in [5.74, 6) is -90.4. The lowest BCUT2D eigenvalue weighted by molar-refractivity contribution is 0.380. The third-order valence-corrected chi connectivity index (χ3v) is 10.4. The number of nitrogens with one attached hydrogen (secondary N) is 1. The highest BCUT2D eigenvalue weighted by Gasteiger charge is 2.47. The smallest absolute Gasteiger partial charge is 0.265 e. The summed E-state index contributed by atoms with van der Waals surface area (Å²) in [6, 6.07) is 0. The number of hydrogen-bond acceptors (Lipinski definition) is 2. The van der Waals surface area contributed by atoms with E-state index >= 15 is 0 Å². The van der Waals surface area contributed by atoms with Crippen LogP contribution in [0.2, 0.25) is 10.3 Å². The fraction of sp³-hybridized carbons (Fsp3) is 0.0250. The first-order valence-corrected chi connectivity index (χ1v) is 19.4. The van der Waals surface area contributed by atoms with Crippen molar-refractivity contribution in [2.45, 2.75) is 0 Å². The van der Waals surface area contributed by atoms with Crippen LogP contribution in [0.3, 0.4) is 0 Å². The van der Waals surface area contributed by atoms with Crippen LogP contribution < -0.4 is 38.5 Å². The van der Waals surface area contributed by atoms with Crippen molar-refractivity contribution < 1.29 is 132 Å². The van der Waals surface area contributed by atoms with E-state index in [1.807, 2.05) is 0 Å². The Kier molecular flexibility index (Phi) is 19.3. The summed E-state index contributed by atoms with van der Waals surface area (Å²) in [6.45, 7) is -7.92. The first-order valence-electron chi connectivity index (χ1n) is 18.6. The maximum Gasteiger partial charge on any atom is 0.265 e. The van der Waals surface area contributed by atoms with Gasteiger partial charge in [-0.15, -0.1) is 0 Å². The fourth-order valence-electron chi connectivity index (χ4n) is 6.38. The van der Waals surface area contributed by atoms with Crippen molar-refractivity contribution in [2.24, 2.45) is 5.73 Å². The number of aromatic amines is 1. The van der Waals surface area contributed by atoms with Crippen LogP contribution in [-0.4, -0.2) is 30.4 Å². The van der Waals surface area contributed by atoms with E-state index < -0.39 is 221 Å². The zero-order valence-electron chi connectivity index (χ0n) is 35.4. The minimum Gasteiger partial charge on any atom is -0.334 e. The molecule has 7 aromatic rings. The number of benzene rings is 6. The lowest BCUT2D eigenvalue weighted by Gasteiger charge is -2.21. The molecule has 77 heavy (non-hydrogen) atoms. The Morgan fingerprint density at radius 2 is 0.377 bits per heavy atom.